The Morgan fingerprint density at radius 2 is 1.87 bits per heavy atom. The molecule has 9 heteroatoms. The van der Waals surface area contributed by atoms with Gasteiger partial charge in [-0.05, 0) is 32.9 Å². The molecule has 0 saturated heterocycles. The molecule has 0 saturated carbocycles. The van der Waals surface area contributed by atoms with E-state index in [4.69, 9.17) is 21.2 Å². The molecule has 0 aliphatic carbocycles. The molecule has 0 bridgehead atoms. The van der Waals surface area contributed by atoms with Crippen LogP contribution in [0.15, 0.2) is 35.6 Å². The Kier molecular flexibility index (Phi) is 6.61. The van der Waals surface area contributed by atoms with E-state index in [0.717, 1.165) is 12.3 Å². The van der Waals surface area contributed by atoms with Gasteiger partial charge in [0.1, 0.15) is 17.2 Å². The maximum Gasteiger partial charge on any atom is 0.308 e. The second kappa shape index (κ2) is 8.47. The molecule has 2 aromatic rings. The van der Waals surface area contributed by atoms with E-state index < -0.39 is 34.1 Å². The number of benzene rings is 1. The van der Waals surface area contributed by atoms with Gasteiger partial charge in [-0.25, -0.2) is 4.39 Å². The fourth-order valence-electron chi connectivity index (χ4n) is 2.20. The first-order chi connectivity index (χ1) is 13.7. The van der Waals surface area contributed by atoms with E-state index in [1.54, 1.807) is 20.8 Å². The lowest BCUT2D eigenvalue weighted by molar-refractivity contribution is -0.607. The maximum atomic E-state index is 13.5. The molecule has 162 valence electrons. The number of hydrogen-bond donors (Lipinski definition) is 1. The third-order valence-corrected chi connectivity index (χ3v) is 3.96. The Labute approximate surface area is 179 Å². The molecule has 7 nitrogen and oxygen atoms in total. The first-order valence-electron chi connectivity index (χ1n) is 9.10. The van der Waals surface area contributed by atoms with E-state index in [2.05, 4.69) is 5.16 Å². The van der Waals surface area contributed by atoms with Gasteiger partial charge in [-0.2, -0.15) is 4.73 Å². The first kappa shape index (κ1) is 23.4. The predicted octanol–water partition coefficient (Wildman–Crippen LogP) is 4.60. The number of carbonyl (C=O) groups excluding carboxylic acids is 1. The SMILES string of the molecule is CC(C)(C)ON=C(Oc1ccc[n+]([O-])c1C(=O)c1cc(Cl)c(F)cc1O)C(C)(C)C. The van der Waals surface area contributed by atoms with E-state index in [1.807, 2.05) is 20.8 Å². The van der Waals surface area contributed by atoms with Crippen molar-refractivity contribution in [3.8, 4) is 11.5 Å². The minimum atomic E-state index is -0.898. The highest BCUT2D eigenvalue weighted by molar-refractivity contribution is 6.31. The molecule has 1 aromatic heterocycles. The number of phenolic OH excluding ortho intramolecular Hbond substituents is 1. The number of hydrogen-bond acceptors (Lipinski definition) is 6. The van der Waals surface area contributed by atoms with Gasteiger partial charge in [-0.1, -0.05) is 37.5 Å². The van der Waals surface area contributed by atoms with E-state index in [-0.39, 0.29) is 22.2 Å². The number of rotatable bonds is 4. The number of nitrogens with zero attached hydrogens (tertiary/aromatic N) is 2. The smallest absolute Gasteiger partial charge is 0.308 e. The number of oxime groups is 1. The molecule has 0 atom stereocenters. The summed E-state index contributed by atoms with van der Waals surface area (Å²) in [6, 6.07) is 4.45. The Bertz CT molecular complexity index is 994. The van der Waals surface area contributed by atoms with E-state index in [9.17, 15) is 19.5 Å². The predicted molar refractivity (Wildman–Crippen MR) is 110 cm³/mol. The third kappa shape index (κ3) is 5.60. The van der Waals surface area contributed by atoms with Gasteiger partial charge in [-0.3, -0.25) is 4.79 Å². The summed E-state index contributed by atoms with van der Waals surface area (Å²) >= 11 is 5.73. The number of ether oxygens (including phenoxy) is 1. The lowest BCUT2D eigenvalue weighted by Gasteiger charge is -2.23. The monoisotopic (exact) mass is 438 g/mol. The average molecular weight is 439 g/mol. The average Bonchev–Trinajstić information content (AvgIpc) is 2.59. The van der Waals surface area contributed by atoms with Gasteiger partial charge in [0.25, 0.3) is 5.78 Å². The summed E-state index contributed by atoms with van der Waals surface area (Å²) in [6.45, 7) is 10.9. The molecular weight excluding hydrogens is 415 g/mol. The number of halogens is 2. The van der Waals surface area contributed by atoms with Gasteiger partial charge >= 0.3 is 5.69 Å². The standard InChI is InChI=1S/C21H24ClFN2O5/c1-20(2,3)19(24-30-21(4,5)6)29-16-8-7-9-25(28)17(16)18(27)12-10-13(22)14(23)11-15(12)26/h7-11,26H,1-6H3. The van der Waals surface area contributed by atoms with Crippen molar-refractivity contribution in [2.75, 3.05) is 0 Å². The molecule has 1 heterocycles. The van der Waals surface area contributed by atoms with Crippen molar-refractivity contribution in [1.29, 1.82) is 0 Å². The van der Waals surface area contributed by atoms with Gasteiger partial charge in [-0.15, -0.1) is 0 Å². The summed E-state index contributed by atoms with van der Waals surface area (Å²) in [5.41, 5.74) is -1.99. The van der Waals surface area contributed by atoms with Crippen LogP contribution in [0.5, 0.6) is 11.5 Å². The molecule has 0 radical (unpaired) electrons. The second-order valence-corrected chi connectivity index (χ2v) is 9.02. The summed E-state index contributed by atoms with van der Waals surface area (Å²) in [5.74, 6) is -2.43. The van der Waals surface area contributed by atoms with Crippen LogP contribution in [0.3, 0.4) is 0 Å². The molecule has 0 spiro atoms. The van der Waals surface area contributed by atoms with Crippen LogP contribution >= 0.6 is 11.6 Å². The summed E-state index contributed by atoms with van der Waals surface area (Å²) in [4.78, 5) is 18.5. The molecule has 1 N–H and O–H groups in total. The van der Waals surface area contributed by atoms with E-state index in [0.29, 0.717) is 10.8 Å². The number of carbonyl (C=O) groups is 1. The van der Waals surface area contributed by atoms with Crippen molar-refractivity contribution >= 4 is 23.3 Å². The molecule has 2 rings (SSSR count). The van der Waals surface area contributed by atoms with Crippen molar-refractivity contribution in [2.45, 2.75) is 47.1 Å². The van der Waals surface area contributed by atoms with E-state index in [1.165, 1.54) is 12.1 Å². The van der Waals surface area contributed by atoms with Gasteiger partial charge in [0, 0.05) is 17.5 Å². The van der Waals surface area contributed by atoms with Crippen LogP contribution in [0.4, 0.5) is 4.39 Å². The molecule has 30 heavy (non-hydrogen) atoms. The number of phenols is 1. The van der Waals surface area contributed by atoms with Crippen molar-refractivity contribution in [3.05, 3.63) is 57.8 Å². The molecule has 0 unspecified atom stereocenters. The lowest BCUT2D eigenvalue weighted by atomic mass is 9.96. The minimum Gasteiger partial charge on any atom is -0.618 e. The van der Waals surface area contributed by atoms with Crippen LogP contribution in [0, 0.1) is 16.4 Å². The summed E-state index contributed by atoms with van der Waals surface area (Å²) in [7, 11) is 0. The van der Waals surface area contributed by atoms with Crippen LogP contribution in [-0.4, -0.2) is 22.4 Å². The van der Waals surface area contributed by atoms with Gasteiger partial charge < -0.3 is 19.9 Å². The summed E-state index contributed by atoms with van der Waals surface area (Å²) in [6.07, 6.45) is 1.10. The van der Waals surface area contributed by atoms with Gasteiger partial charge in [0.2, 0.25) is 11.6 Å². The number of aromatic hydroxyl groups is 1. The third-order valence-electron chi connectivity index (χ3n) is 3.67. The van der Waals surface area contributed by atoms with Gasteiger partial charge in [0.05, 0.1) is 10.6 Å². The zero-order chi connectivity index (χ0) is 22.9. The van der Waals surface area contributed by atoms with Crippen LogP contribution in [0.2, 0.25) is 5.02 Å². The van der Waals surface area contributed by atoms with Crippen molar-refractivity contribution in [1.82, 2.24) is 0 Å². The summed E-state index contributed by atoms with van der Waals surface area (Å²) < 4.78 is 19.7. The highest BCUT2D eigenvalue weighted by atomic mass is 35.5. The molecule has 0 aliphatic rings. The number of aromatic nitrogens is 1. The second-order valence-electron chi connectivity index (χ2n) is 8.61. The Balaban J connectivity index is 2.55. The fourth-order valence-corrected chi connectivity index (χ4v) is 2.37. The molecule has 1 aromatic carbocycles. The van der Waals surface area contributed by atoms with Crippen LogP contribution in [0.1, 0.15) is 57.6 Å². The Hall–Kier alpha value is -2.87. The number of pyridine rings is 1. The molecule has 0 aliphatic heterocycles. The summed E-state index contributed by atoms with van der Waals surface area (Å²) in [5, 5.41) is 26.1. The van der Waals surface area contributed by atoms with Crippen LogP contribution < -0.4 is 9.47 Å². The molecule has 0 fully saturated rings. The largest absolute Gasteiger partial charge is 0.618 e. The molecule has 0 amide bonds. The van der Waals surface area contributed by atoms with E-state index >= 15 is 0 Å². The quantitative estimate of drug-likeness (QED) is 0.188. The van der Waals surface area contributed by atoms with Crippen LogP contribution in [-0.2, 0) is 4.84 Å². The van der Waals surface area contributed by atoms with Crippen molar-refractivity contribution < 1.29 is 28.6 Å². The van der Waals surface area contributed by atoms with Crippen molar-refractivity contribution in [3.63, 3.8) is 0 Å². The Morgan fingerprint density at radius 1 is 1.23 bits per heavy atom. The Morgan fingerprint density at radius 3 is 2.43 bits per heavy atom. The lowest BCUT2D eigenvalue weighted by Crippen LogP contribution is -2.37. The zero-order valence-electron chi connectivity index (χ0n) is 17.6. The highest BCUT2D eigenvalue weighted by Gasteiger charge is 2.31. The van der Waals surface area contributed by atoms with Gasteiger partial charge in [0.15, 0.2) is 6.20 Å². The molecular formula is C21H24ClFN2O5. The normalized spacial score (nSPS) is 12.6. The zero-order valence-corrected chi connectivity index (χ0v) is 18.4. The first-order valence-corrected chi connectivity index (χ1v) is 9.48. The number of ketones is 1. The fraction of sp³-hybridized carbons (Fsp3) is 0.381. The highest BCUT2D eigenvalue weighted by Crippen LogP contribution is 2.30. The minimum absolute atomic E-state index is 0.108. The van der Waals surface area contributed by atoms with Crippen LogP contribution in [0.25, 0.3) is 0 Å². The topological polar surface area (TPSA) is 95.1 Å². The maximum absolute atomic E-state index is 13.5. The van der Waals surface area contributed by atoms with Crippen molar-refractivity contribution in [2.24, 2.45) is 10.6 Å².